The van der Waals surface area contributed by atoms with Crippen LogP contribution in [0, 0.1) is 0 Å². The minimum Gasteiger partial charge on any atom is -0.462 e. The molecule has 0 aromatic rings. The maximum atomic E-state index is 12.8. The van der Waals surface area contributed by atoms with Crippen LogP contribution in [0.15, 0.2) is 134 Å². The van der Waals surface area contributed by atoms with E-state index in [-0.39, 0.29) is 44.0 Å². The Hall–Kier alpha value is -4.45. The highest BCUT2D eigenvalue weighted by molar-refractivity contribution is 5.71. The molecule has 0 N–H and O–H groups in total. The third-order valence-electron chi connectivity index (χ3n) is 10.9. The summed E-state index contributed by atoms with van der Waals surface area (Å²) < 4.78 is 16.7. The predicted octanol–water partition coefficient (Wildman–Crippen LogP) is 18.3. The van der Waals surface area contributed by atoms with Crippen LogP contribution in [-0.2, 0) is 28.6 Å². The largest absolute Gasteiger partial charge is 0.462 e. The lowest BCUT2D eigenvalue weighted by molar-refractivity contribution is -0.166. The summed E-state index contributed by atoms with van der Waals surface area (Å²) in [7, 11) is 0. The van der Waals surface area contributed by atoms with Gasteiger partial charge in [-0.05, 0) is 96.3 Å². The number of ether oxygens (including phenoxy) is 3. The van der Waals surface area contributed by atoms with E-state index in [9.17, 15) is 14.4 Å². The zero-order valence-electron chi connectivity index (χ0n) is 43.6. The molecule has 0 spiro atoms. The van der Waals surface area contributed by atoms with Crippen LogP contribution in [0.2, 0.25) is 0 Å². The normalized spacial score (nSPS) is 13.2. The van der Waals surface area contributed by atoms with Crippen LogP contribution in [0.3, 0.4) is 0 Å². The van der Waals surface area contributed by atoms with Crippen LogP contribution in [0.5, 0.6) is 0 Å². The molecule has 6 nitrogen and oxygen atoms in total. The smallest absolute Gasteiger partial charge is 0.306 e. The molecule has 0 heterocycles. The van der Waals surface area contributed by atoms with Crippen LogP contribution in [0.4, 0.5) is 0 Å². The molecule has 0 rings (SSSR count). The molecule has 0 amide bonds. The Bertz CT molecular complexity index is 1500. The quantitative estimate of drug-likeness (QED) is 0.0262. The van der Waals surface area contributed by atoms with Crippen molar-refractivity contribution in [1.82, 2.24) is 0 Å². The van der Waals surface area contributed by atoms with Gasteiger partial charge in [0, 0.05) is 19.3 Å². The predicted molar refractivity (Wildman–Crippen MR) is 292 cm³/mol. The molecule has 0 fully saturated rings. The molecule has 382 valence electrons. The third-order valence-corrected chi connectivity index (χ3v) is 10.9. The number of unbranched alkanes of at least 4 members (excludes halogenated alkanes) is 14. The lowest BCUT2D eigenvalue weighted by atomic mass is 10.0. The maximum Gasteiger partial charge on any atom is 0.306 e. The van der Waals surface area contributed by atoms with E-state index in [1.807, 2.05) is 12.2 Å². The summed E-state index contributed by atoms with van der Waals surface area (Å²) in [5, 5.41) is 0. The van der Waals surface area contributed by atoms with Crippen molar-refractivity contribution < 1.29 is 28.6 Å². The summed E-state index contributed by atoms with van der Waals surface area (Å²) in [6.45, 7) is 6.29. The van der Waals surface area contributed by atoms with Crippen molar-refractivity contribution >= 4 is 17.9 Å². The molecule has 0 saturated heterocycles. The number of hydrogen-bond donors (Lipinski definition) is 0. The van der Waals surface area contributed by atoms with Gasteiger partial charge in [-0.15, -0.1) is 0 Å². The summed E-state index contributed by atoms with van der Waals surface area (Å²) in [6, 6.07) is 0. The first-order valence-corrected chi connectivity index (χ1v) is 27.2. The fourth-order valence-corrected chi connectivity index (χ4v) is 6.91. The summed E-state index contributed by atoms with van der Waals surface area (Å²) in [6.07, 6.45) is 77.4. The molecule has 0 bridgehead atoms. The molecule has 1 atom stereocenters. The van der Waals surface area contributed by atoms with Gasteiger partial charge in [0.25, 0.3) is 0 Å². The number of esters is 3. The van der Waals surface area contributed by atoms with Crippen molar-refractivity contribution in [2.75, 3.05) is 13.2 Å². The SMILES string of the molecule is CC/C=C/C/C=C/C/C=C/C/C=C/C/C=C/C/C=C/CCC(=O)OC[C@@H](COC(=O)CCCCCCCCCCCCCCCC)OC(=O)CCC/C=C/C/C=C/C/C=C/C/C=C/C/C=C/CC. The highest BCUT2D eigenvalue weighted by Crippen LogP contribution is 2.14. The van der Waals surface area contributed by atoms with Gasteiger partial charge in [-0.3, -0.25) is 14.4 Å². The Labute approximate surface area is 417 Å². The molecule has 0 aromatic heterocycles. The molecule has 0 saturated carbocycles. The maximum absolute atomic E-state index is 12.8. The van der Waals surface area contributed by atoms with Gasteiger partial charge in [-0.1, -0.05) is 238 Å². The van der Waals surface area contributed by atoms with E-state index in [1.54, 1.807) is 0 Å². The Morgan fingerprint density at radius 2 is 0.603 bits per heavy atom. The number of carbonyl (C=O) groups excluding carboxylic acids is 3. The lowest BCUT2D eigenvalue weighted by Gasteiger charge is -2.18. The molecule has 6 heteroatoms. The Kier molecular flexibility index (Phi) is 51.5. The van der Waals surface area contributed by atoms with Crippen molar-refractivity contribution in [3.05, 3.63) is 134 Å². The summed E-state index contributed by atoms with van der Waals surface area (Å²) >= 11 is 0. The number of carbonyl (C=O) groups is 3. The van der Waals surface area contributed by atoms with Gasteiger partial charge in [0.15, 0.2) is 6.10 Å². The first-order valence-electron chi connectivity index (χ1n) is 27.2. The number of allylic oxidation sites excluding steroid dienone is 22. The average Bonchev–Trinajstić information content (AvgIpc) is 3.34. The molecule has 68 heavy (non-hydrogen) atoms. The first-order chi connectivity index (χ1) is 33.5. The third kappa shape index (κ3) is 52.5. The van der Waals surface area contributed by atoms with Crippen molar-refractivity contribution in [1.29, 1.82) is 0 Å². The molecule has 0 radical (unpaired) electrons. The second-order valence-electron chi connectivity index (χ2n) is 17.4. The monoisotopic (exact) mass is 939 g/mol. The van der Waals surface area contributed by atoms with Crippen LogP contribution >= 0.6 is 0 Å². The van der Waals surface area contributed by atoms with Crippen LogP contribution in [-0.4, -0.2) is 37.2 Å². The van der Waals surface area contributed by atoms with Crippen molar-refractivity contribution in [2.45, 2.75) is 226 Å². The van der Waals surface area contributed by atoms with E-state index >= 15 is 0 Å². The van der Waals surface area contributed by atoms with Crippen molar-refractivity contribution in [2.24, 2.45) is 0 Å². The second kappa shape index (κ2) is 55.1. The minimum absolute atomic E-state index is 0.127. The highest BCUT2D eigenvalue weighted by Gasteiger charge is 2.19. The van der Waals surface area contributed by atoms with Crippen LogP contribution in [0.25, 0.3) is 0 Å². The van der Waals surface area contributed by atoms with E-state index in [2.05, 4.69) is 142 Å². The Balaban J connectivity index is 4.61. The van der Waals surface area contributed by atoms with Crippen LogP contribution < -0.4 is 0 Å². The van der Waals surface area contributed by atoms with E-state index in [0.29, 0.717) is 19.3 Å². The fourth-order valence-electron chi connectivity index (χ4n) is 6.91. The molecule has 0 aromatic carbocycles. The summed E-state index contributed by atoms with van der Waals surface area (Å²) in [5.74, 6) is -1.08. The van der Waals surface area contributed by atoms with Gasteiger partial charge < -0.3 is 14.2 Å². The fraction of sp³-hybridized carbons (Fsp3) is 0.597. The molecular weight excluding hydrogens is 841 g/mol. The van der Waals surface area contributed by atoms with E-state index < -0.39 is 6.10 Å². The van der Waals surface area contributed by atoms with Gasteiger partial charge >= 0.3 is 17.9 Å². The number of hydrogen-bond acceptors (Lipinski definition) is 6. The number of rotatable bonds is 47. The first kappa shape index (κ1) is 63.5. The standard InChI is InChI=1S/C62H98O6/c1-4-7-10-13-16-19-22-25-28-30-31-33-34-37-40-43-46-49-52-55-61(64)67-58-59(57-66-60(63)54-51-48-45-42-39-36-27-24-21-18-15-12-9-6-3)68-62(65)56-53-50-47-44-41-38-35-32-29-26-23-20-17-14-11-8-5-2/h7-8,10-11,16-17,19-20,25-26,28-29,31,33,35,37-38,40,44,46-47,49,59H,4-6,9,12-15,18,21-24,27,30,32,34,36,39,41-43,45,48,50-58H2,1-3H3/b10-7+,11-8+,19-16+,20-17+,28-25+,29-26+,33-31+,38-35+,40-37+,47-44+,49-46+/t59-/m1/s1. The van der Waals surface area contributed by atoms with Gasteiger partial charge in [0.05, 0.1) is 0 Å². The van der Waals surface area contributed by atoms with Gasteiger partial charge in [0.1, 0.15) is 13.2 Å². The van der Waals surface area contributed by atoms with Gasteiger partial charge in [-0.2, -0.15) is 0 Å². The Morgan fingerprint density at radius 1 is 0.309 bits per heavy atom. The zero-order valence-corrected chi connectivity index (χ0v) is 43.6. The summed E-state index contributed by atoms with van der Waals surface area (Å²) in [5.41, 5.74) is 0. The lowest BCUT2D eigenvalue weighted by Crippen LogP contribution is -2.30. The zero-order chi connectivity index (χ0) is 49.3. The minimum atomic E-state index is -0.841. The average molecular weight is 939 g/mol. The summed E-state index contributed by atoms with van der Waals surface area (Å²) in [4.78, 5) is 38.0. The highest BCUT2D eigenvalue weighted by atomic mass is 16.6. The van der Waals surface area contributed by atoms with E-state index in [1.165, 1.54) is 70.6 Å². The molecule has 0 unspecified atom stereocenters. The molecule has 0 aliphatic heterocycles. The molecule has 0 aliphatic rings. The van der Waals surface area contributed by atoms with E-state index in [0.717, 1.165) is 96.3 Å². The van der Waals surface area contributed by atoms with E-state index in [4.69, 9.17) is 14.2 Å². The molecular formula is C62H98O6. The van der Waals surface area contributed by atoms with Gasteiger partial charge in [-0.25, -0.2) is 0 Å². The topological polar surface area (TPSA) is 78.9 Å². The second-order valence-corrected chi connectivity index (χ2v) is 17.4. The van der Waals surface area contributed by atoms with Crippen molar-refractivity contribution in [3.8, 4) is 0 Å². The van der Waals surface area contributed by atoms with Crippen molar-refractivity contribution in [3.63, 3.8) is 0 Å². The molecule has 0 aliphatic carbocycles. The van der Waals surface area contributed by atoms with Crippen LogP contribution in [0.1, 0.15) is 220 Å². The Morgan fingerprint density at radius 3 is 0.971 bits per heavy atom. The van der Waals surface area contributed by atoms with Gasteiger partial charge in [0.2, 0.25) is 0 Å².